The Morgan fingerprint density at radius 1 is 1.31 bits per heavy atom. The lowest BCUT2D eigenvalue weighted by Gasteiger charge is -2.14. The van der Waals surface area contributed by atoms with Crippen molar-refractivity contribution in [1.29, 1.82) is 5.26 Å². The molecule has 0 aromatic heterocycles. The second-order valence-electron chi connectivity index (χ2n) is 2.84. The number of benzene rings is 1. The quantitative estimate of drug-likeness (QED) is 0.673. The fraction of sp³-hybridized carbons (Fsp3) is 0.222. The molecule has 0 saturated heterocycles. The van der Waals surface area contributed by atoms with Crippen molar-refractivity contribution in [2.24, 2.45) is 0 Å². The van der Waals surface area contributed by atoms with E-state index in [0.717, 1.165) is 12.1 Å². The van der Waals surface area contributed by atoms with Crippen LogP contribution < -0.4 is 0 Å². The minimum absolute atomic E-state index is 0.0903. The maximum Gasteiger partial charge on any atom is 0.173 e. The lowest BCUT2D eigenvalue weighted by Crippen LogP contribution is -2.18. The van der Waals surface area contributed by atoms with E-state index < -0.39 is 17.2 Å². The fourth-order valence-electron chi connectivity index (χ4n) is 0.899. The van der Waals surface area contributed by atoms with E-state index in [4.69, 9.17) is 5.26 Å². The van der Waals surface area contributed by atoms with E-state index in [2.05, 4.69) is 0 Å². The average Bonchev–Trinajstić information content (AvgIpc) is 2.02. The number of halogens is 2. The molecule has 4 heteroatoms. The van der Waals surface area contributed by atoms with Crippen LogP contribution in [0.5, 0.6) is 0 Å². The summed E-state index contributed by atoms with van der Waals surface area (Å²) < 4.78 is 25.3. The van der Waals surface area contributed by atoms with E-state index in [1.54, 1.807) is 0 Å². The van der Waals surface area contributed by atoms with E-state index in [-0.39, 0.29) is 5.56 Å². The average molecular weight is 183 g/mol. The third-order valence-electron chi connectivity index (χ3n) is 1.64. The normalized spacial score (nSPS) is 14.7. The largest absolute Gasteiger partial charge is 0.372 e. The molecule has 1 unspecified atom stereocenters. The van der Waals surface area contributed by atoms with Crippen molar-refractivity contribution in [3.63, 3.8) is 0 Å². The molecule has 0 heterocycles. The van der Waals surface area contributed by atoms with Gasteiger partial charge in [-0.05, 0) is 19.1 Å². The van der Waals surface area contributed by atoms with Gasteiger partial charge in [0.25, 0.3) is 0 Å². The molecule has 0 amide bonds. The van der Waals surface area contributed by atoms with Gasteiger partial charge in [-0.2, -0.15) is 5.26 Å². The van der Waals surface area contributed by atoms with Gasteiger partial charge in [0.2, 0.25) is 0 Å². The van der Waals surface area contributed by atoms with E-state index in [9.17, 15) is 13.9 Å². The Bertz CT molecular complexity index is 348. The van der Waals surface area contributed by atoms with Crippen molar-refractivity contribution in [3.8, 4) is 6.07 Å². The summed E-state index contributed by atoms with van der Waals surface area (Å²) in [5.74, 6) is -1.63. The molecule has 0 aliphatic heterocycles. The minimum Gasteiger partial charge on any atom is -0.372 e. The highest BCUT2D eigenvalue weighted by molar-refractivity contribution is 5.28. The van der Waals surface area contributed by atoms with Crippen LogP contribution in [0.15, 0.2) is 18.2 Å². The minimum atomic E-state index is -1.86. The van der Waals surface area contributed by atoms with Gasteiger partial charge in [-0.3, -0.25) is 0 Å². The fourth-order valence-corrected chi connectivity index (χ4v) is 0.899. The van der Waals surface area contributed by atoms with Crippen LogP contribution in [-0.4, -0.2) is 5.11 Å². The summed E-state index contributed by atoms with van der Waals surface area (Å²) in [5.41, 5.74) is -1.95. The molecule has 1 aromatic carbocycles. The van der Waals surface area contributed by atoms with Crippen molar-refractivity contribution in [2.75, 3.05) is 0 Å². The molecule has 0 bridgehead atoms. The zero-order chi connectivity index (χ0) is 10.1. The maximum atomic E-state index is 12.6. The summed E-state index contributed by atoms with van der Waals surface area (Å²) >= 11 is 0. The molecule has 0 saturated carbocycles. The molecule has 1 N–H and O–H groups in total. The molecule has 0 aliphatic carbocycles. The van der Waals surface area contributed by atoms with Crippen molar-refractivity contribution in [3.05, 3.63) is 35.4 Å². The first-order chi connectivity index (χ1) is 5.95. The van der Waals surface area contributed by atoms with Crippen LogP contribution in [-0.2, 0) is 5.60 Å². The van der Waals surface area contributed by atoms with Crippen LogP contribution in [0.2, 0.25) is 0 Å². The predicted molar refractivity (Wildman–Crippen MR) is 41.5 cm³/mol. The van der Waals surface area contributed by atoms with Gasteiger partial charge in [-0.15, -0.1) is 0 Å². The molecule has 13 heavy (non-hydrogen) atoms. The van der Waals surface area contributed by atoms with Crippen molar-refractivity contribution < 1.29 is 13.9 Å². The molecule has 1 aromatic rings. The Morgan fingerprint density at radius 2 is 1.77 bits per heavy atom. The third kappa shape index (κ3) is 2.01. The summed E-state index contributed by atoms with van der Waals surface area (Å²) in [6, 6.07) is 4.06. The van der Waals surface area contributed by atoms with Gasteiger partial charge >= 0.3 is 0 Å². The predicted octanol–water partition coefficient (Wildman–Crippen LogP) is 1.70. The SMILES string of the molecule is CC(O)(C#N)c1cc(F)cc(F)c1. The molecule has 2 nitrogen and oxygen atoms in total. The number of hydrogen-bond donors (Lipinski definition) is 1. The molecule has 1 atom stereocenters. The van der Waals surface area contributed by atoms with Gasteiger partial charge in [-0.25, -0.2) is 8.78 Å². The van der Waals surface area contributed by atoms with E-state index in [1.165, 1.54) is 13.0 Å². The maximum absolute atomic E-state index is 12.6. The first kappa shape index (κ1) is 9.62. The highest BCUT2D eigenvalue weighted by atomic mass is 19.1. The standard InChI is InChI=1S/C9H7F2NO/c1-9(13,5-12)6-2-7(10)4-8(11)3-6/h2-4,13H,1H3. The van der Waals surface area contributed by atoms with Gasteiger partial charge < -0.3 is 5.11 Å². The molecule has 0 fully saturated rings. The van der Waals surface area contributed by atoms with Crippen LogP contribution in [0.4, 0.5) is 8.78 Å². The van der Waals surface area contributed by atoms with Crippen LogP contribution >= 0.6 is 0 Å². The summed E-state index contributed by atoms with van der Waals surface area (Å²) in [4.78, 5) is 0. The first-order valence-corrected chi connectivity index (χ1v) is 3.56. The Hall–Kier alpha value is -1.47. The van der Waals surface area contributed by atoms with Gasteiger partial charge in [-0.1, -0.05) is 0 Å². The number of nitriles is 1. The number of hydrogen-bond acceptors (Lipinski definition) is 2. The molecule has 1 rings (SSSR count). The molecular weight excluding hydrogens is 176 g/mol. The highest BCUT2D eigenvalue weighted by Crippen LogP contribution is 2.21. The molecular formula is C9H7F2NO. The summed E-state index contributed by atoms with van der Waals surface area (Å²) in [6.07, 6.45) is 0. The summed E-state index contributed by atoms with van der Waals surface area (Å²) in [6.45, 7) is 1.17. The van der Waals surface area contributed by atoms with Crippen molar-refractivity contribution in [2.45, 2.75) is 12.5 Å². The van der Waals surface area contributed by atoms with Gasteiger partial charge in [0.05, 0.1) is 0 Å². The van der Waals surface area contributed by atoms with Gasteiger partial charge in [0, 0.05) is 11.6 Å². The summed E-state index contributed by atoms with van der Waals surface area (Å²) in [7, 11) is 0. The van der Waals surface area contributed by atoms with E-state index in [0.29, 0.717) is 6.07 Å². The molecule has 0 spiro atoms. The highest BCUT2D eigenvalue weighted by Gasteiger charge is 2.23. The lowest BCUT2D eigenvalue weighted by atomic mass is 9.98. The number of rotatable bonds is 1. The van der Waals surface area contributed by atoms with E-state index >= 15 is 0 Å². The Morgan fingerprint density at radius 3 is 2.15 bits per heavy atom. The Kier molecular flexibility index (Phi) is 2.30. The Labute approximate surface area is 74.0 Å². The second-order valence-corrected chi connectivity index (χ2v) is 2.84. The summed E-state index contributed by atoms with van der Waals surface area (Å²) in [5, 5.41) is 17.8. The topological polar surface area (TPSA) is 44.0 Å². The Balaban J connectivity index is 3.25. The zero-order valence-electron chi connectivity index (χ0n) is 6.88. The molecule has 0 radical (unpaired) electrons. The number of aliphatic hydroxyl groups is 1. The lowest BCUT2D eigenvalue weighted by molar-refractivity contribution is 0.119. The molecule has 68 valence electrons. The first-order valence-electron chi connectivity index (χ1n) is 3.56. The second kappa shape index (κ2) is 3.11. The smallest absolute Gasteiger partial charge is 0.173 e. The van der Waals surface area contributed by atoms with Crippen LogP contribution in [0.3, 0.4) is 0 Å². The third-order valence-corrected chi connectivity index (χ3v) is 1.64. The van der Waals surface area contributed by atoms with Crippen LogP contribution in [0.25, 0.3) is 0 Å². The van der Waals surface area contributed by atoms with Crippen LogP contribution in [0, 0.1) is 23.0 Å². The van der Waals surface area contributed by atoms with Crippen molar-refractivity contribution >= 4 is 0 Å². The zero-order valence-corrected chi connectivity index (χ0v) is 6.88. The monoisotopic (exact) mass is 183 g/mol. The van der Waals surface area contributed by atoms with Gasteiger partial charge in [0.1, 0.15) is 17.7 Å². The van der Waals surface area contributed by atoms with Gasteiger partial charge in [0.15, 0.2) is 5.60 Å². The number of nitrogens with zero attached hydrogens (tertiary/aromatic N) is 1. The van der Waals surface area contributed by atoms with E-state index in [1.807, 2.05) is 0 Å². The van der Waals surface area contributed by atoms with Crippen LogP contribution in [0.1, 0.15) is 12.5 Å². The van der Waals surface area contributed by atoms with Crippen molar-refractivity contribution in [1.82, 2.24) is 0 Å². The molecule has 0 aliphatic rings.